The Morgan fingerprint density at radius 3 is 2.15 bits per heavy atom. The molecule has 3 N–H and O–H groups in total. The zero-order valence-electron chi connectivity index (χ0n) is 22.7. The Morgan fingerprint density at radius 2 is 1.54 bits per heavy atom. The van der Waals surface area contributed by atoms with Crippen molar-refractivity contribution in [3.8, 4) is 11.4 Å². The van der Waals surface area contributed by atoms with Gasteiger partial charge in [-0.05, 0) is 48.3 Å². The average molecular weight is 541 g/mol. The topological polar surface area (TPSA) is 91.8 Å². The van der Waals surface area contributed by atoms with Crippen LogP contribution in [0.4, 0.5) is 25.1 Å². The van der Waals surface area contributed by atoms with Crippen LogP contribution in [0.25, 0.3) is 11.4 Å². The molecule has 1 fully saturated rings. The van der Waals surface area contributed by atoms with Crippen molar-refractivity contribution in [3.05, 3.63) is 65.2 Å². The highest BCUT2D eigenvalue weighted by molar-refractivity contribution is 5.78. The smallest absolute Gasteiger partial charge is 0.357 e. The molecule has 0 atom stereocenters. The lowest BCUT2D eigenvalue weighted by Gasteiger charge is -2.28. The molecule has 4 rings (SSSR count). The van der Waals surface area contributed by atoms with Crippen molar-refractivity contribution in [2.24, 2.45) is 5.92 Å². The number of nitrogens with one attached hydrogen (secondary N) is 3. The molecule has 1 aliphatic carbocycles. The molecule has 0 radical (unpaired) electrons. The van der Waals surface area contributed by atoms with E-state index in [2.05, 4.69) is 63.8 Å². The maximum absolute atomic E-state index is 13.2. The Hall–Kier alpha value is -3.69. The van der Waals surface area contributed by atoms with Crippen molar-refractivity contribution < 1.29 is 18.0 Å². The van der Waals surface area contributed by atoms with Gasteiger partial charge >= 0.3 is 6.18 Å². The predicted octanol–water partition coefficient (Wildman–Crippen LogP) is 6.18. The minimum atomic E-state index is -4.46. The van der Waals surface area contributed by atoms with E-state index in [-0.39, 0.29) is 35.4 Å². The average Bonchev–Trinajstić information content (AvgIpc) is 2.91. The lowest BCUT2D eigenvalue weighted by Crippen LogP contribution is -2.36. The first kappa shape index (κ1) is 28.3. The molecule has 0 bridgehead atoms. The summed E-state index contributed by atoms with van der Waals surface area (Å²) >= 11 is 0. The highest BCUT2D eigenvalue weighted by Crippen LogP contribution is 2.32. The van der Waals surface area contributed by atoms with Gasteiger partial charge in [-0.15, -0.1) is 0 Å². The summed E-state index contributed by atoms with van der Waals surface area (Å²) in [7, 11) is 1.75. The van der Waals surface area contributed by atoms with Crippen molar-refractivity contribution >= 4 is 17.8 Å². The molecule has 1 saturated carbocycles. The fraction of sp³-hybridized carbons (Fsp3) is 0.448. The van der Waals surface area contributed by atoms with E-state index in [1.807, 2.05) is 12.1 Å². The van der Waals surface area contributed by atoms with E-state index < -0.39 is 11.7 Å². The molecule has 1 aromatic heterocycles. The molecule has 208 valence electrons. The zero-order chi connectivity index (χ0) is 28.2. The van der Waals surface area contributed by atoms with Crippen LogP contribution >= 0.6 is 0 Å². The fourth-order valence-electron chi connectivity index (χ4n) is 4.76. The van der Waals surface area contributed by atoms with Crippen LogP contribution in [0.15, 0.2) is 48.5 Å². The standard InChI is InChI=1S/C29H35F3N6O/c1-28(2,3)21-13-9-18(10-14-21)24-36-26(33-4)38-27(37-24)35-22-15-11-19(12-16-22)25(39)34-17-20-7-5-6-8-23(20)29(30,31)32/h5-10,13-14,19,22H,11-12,15-17H2,1-4H3,(H,34,39)(H2,33,35,36,37,38)/t19-,22+. The van der Waals surface area contributed by atoms with Crippen molar-refractivity contribution in [2.75, 3.05) is 17.7 Å². The number of carbonyl (C=O) groups excluding carboxylic acids is 1. The second kappa shape index (κ2) is 11.6. The second-order valence-electron chi connectivity index (χ2n) is 10.9. The minimum absolute atomic E-state index is 0.0454. The summed E-state index contributed by atoms with van der Waals surface area (Å²) in [5, 5.41) is 9.07. The number of hydrogen-bond donors (Lipinski definition) is 3. The Balaban J connectivity index is 1.35. The van der Waals surface area contributed by atoms with Crippen molar-refractivity contribution in [1.29, 1.82) is 0 Å². The molecule has 3 aromatic rings. The number of carbonyl (C=O) groups is 1. The molecule has 1 heterocycles. The van der Waals surface area contributed by atoms with Crippen LogP contribution in [0.2, 0.25) is 0 Å². The van der Waals surface area contributed by atoms with Gasteiger partial charge in [0.25, 0.3) is 0 Å². The third-order valence-corrected chi connectivity index (χ3v) is 7.08. The molecule has 0 unspecified atom stereocenters. The van der Waals surface area contributed by atoms with Gasteiger partial charge in [-0.25, -0.2) is 0 Å². The van der Waals surface area contributed by atoms with Gasteiger partial charge < -0.3 is 16.0 Å². The highest BCUT2D eigenvalue weighted by Gasteiger charge is 2.33. The first-order chi connectivity index (χ1) is 18.4. The molecule has 0 spiro atoms. The van der Waals surface area contributed by atoms with Gasteiger partial charge in [0.1, 0.15) is 0 Å². The molecular weight excluding hydrogens is 505 g/mol. The van der Waals surface area contributed by atoms with Gasteiger partial charge in [0.2, 0.25) is 17.8 Å². The molecule has 0 aliphatic heterocycles. The van der Waals surface area contributed by atoms with E-state index in [9.17, 15) is 18.0 Å². The van der Waals surface area contributed by atoms with Crippen LogP contribution < -0.4 is 16.0 Å². The molecule has 39 heavy (non-hydrogen) atoms. The monoisotopic (exact) mass is 540 g/mol. The van der Waals surface area contributed by atoms with Gasteiger partial charge in [0.15, 0.2) is 5.82 Å². The number of amides is 1. The lowest BCUT2D eigenvalue weighted by molar-refractivity contribution is -0.138. The Labute approximate surface area is 227 Å². The number of nitrogens with zero attached hydrogens (tertiary/aromatic N) is 3. The molecule has 0 saturated heterocycles. The van der Waals surface area contributed by atoms with Crippen LogP contribution in [0.5, 0.6) is 0 Å². The van der Waals surface area contributed by atoms with E-state index in [1.165, 1.54) is 17.7 Å². The van der Waals surface area contributed by atoms with Gasteiger partial charge in [0.05, 0.1) is 5.56 Å². The summed E-state index contributed by atoms with van der Waals surface area (Å²) in [6, 6.07) is 13.6. The van der Waals surface area contributed by atoms with Crippen LogP contribution in [0.1, 0.15) is 63.1 Å². The number of aromatic nitrogens is 3. The van der Waals surface area contributed by atoms with Crippen LogP contribution in [0, 0.1) is 5.92 Å². The molecular formula is C29H35F3N6O. The first-order valence-electron chi connectivity index (χ1n) is 13.2. The molecule has 10 heteroatoms. The number of halogens is 3. The molecule has 1 amide bonds. The van der Waals surface area contributed by atoms with Crippen LogP contribution in [0.3, 0.4) is 0 Å². The number of rotatable bonds is 7. The summed E-state index contributed by atoms with van der Waals surface area (Å²) in [6.45, 7) is 6.34. The minimum Gasteiger partial charge on any atom is -0.357 e. The Morgan fingerprint density at radius 1 is 0.897 bits per heavy atom. The van der Waals surface area contributed by atoms with Gasteiger partial charge in [-0.3, -0.25) is 4.79 Å². The summed E-state index contributed by atoms with van der Waals surface area (Å²) in [4.78, 5) is 26.3. The normalized spacial score (nSPS) is 17.9. The summed E-state index contributed by atoms with van der Waals surface area (Å²) < 4.78 is 39.7. The van der Waals surface area contributed by atoms with Crippen LogP contribution in [-0.4, -0.2) is 33.9 Å². The predicted molar refractivity (Wildman–Crippen MR) is 146 cm³/mol. The Kier molecular flexibility index (Phi) is 8.42. The maximum atomic E-state index is 13.2. The lowest BCUT2D eigenvalue weighted by atomic mass is 9.85. The Bertz CT molecular complexity index is 1280. The second-order valence-corrected chi connectivity index (χ2v) is 10.9. The van der Waals surface area contributed by atoms with Gasteiger partial charge in [-0.1, -0.05) is 63.2 Å². The largest absolute Gasteiger partial charge is 0.416 e. The van der Waals surface area contributed by atoms with Gasteiger partial charge in [0, 0.05) is 31.1 Å². The summed E-state index contributed by atoms with van der Waals surface area (Å²) in [6.07, 6.45) is -1.78. The number of benzene rings is 2. The number of hydrogen-bond acceptors (Lipinski definition) is 6. The van der Waals surface area contributed by atoms with Crippen LogP contribution in [-0.2, 0) is 22.9 Å². The van der Waals surface area contributed by atoms with Crippen molar-refractivity contribution in [3.63, 3.8) is 0 Å². The quantitative estimate of drug-likeness (QED) is 0.331. The van der Waals surface area contributed by atoms with E-state index in [4.69, 9.17) is 0 Å². The SMILES string of the molecule is CNc1nc(N[C@H]2CC[C@@H](C(=O)NCc3ccccc3C(F)(F)F)CC2)nc(-c2ccc(C(C)(C)C)cc2)n1. The number of alkyl halides is 3. The molecule has 1 aliphatic rings. The van der Waals surface area contributed by atoms with Gasteiger partial charge in [-0.2, -0.15) is 28.1 Å². The third kappa shape index (κ3) is 7.25. The summed E-state index contributed by atoms with van der Waals surface area (Å²) in [5.41, 5.74) is 1.49. The van der Waals surface area contributed by atoms with Crippen molar-refractivity contribution in [1.82, 2.24) is 20.3 Å². The van der Waals surface area contributed by atoms with E-state index in [1.54, 1.807) is 13.1 Å². The van der Waals surface area contributed by atoms with E-state index in [0.29, 0.717) is 43.4 Å². The third-order valence-electron chi connectivity index (χ3n) is 7.08. The first-order valence-corrected chi connectivity index (χ1v) is 13.2. The number of anilines is 2. The van der Waals surface area contributed by atoms with E-state index >= 15 is 0 Å². The zero-order valence-corrected chi connectivity index (χ0v) is 22.7. The summed E-state index contributed by atoms with van der Waals surface area (Å²) in [5.74, 6) is 1.01. The van der Waals surface area contributed by atoms with E-state index in [0.717, 1.165) is 11.6 Å². The maximum Gasteiger partial charge on any atom is 0.416 e. The molecule has 7 nitrogen and oxygen atoms in total. The fourth-order valence-corrected chi connectivity index (χ4v) is 4.76. The molecule has 2 aromatic carbocycles. The highest BCUT2D eigenvalue weighted by atomic mass is 19.4. The van der Waals surface area contributed by atoms with Crippen molar-refractivity contribution in [2.45, 2.75) is 70.6 Å².